The highest BCUT2D eigenvalue weighted by Gasteiger charge is 2.25. The van der Waals surface area contributed by atoms with Crippen LogP contribution in [-0.4, -0.2) is 30.5 Å². The summed E-state index contributed by atoms with van der Waals surface area (Å²) in [4.78, 5) is 18.0. The predicted octanol–water partition coefficient (Wildman–Crippen LogP) is 2.46. The molecule has 1 aliphatic heterocycles. The monoisotopic (exact) mass is 268 g/mol. The second kappa shape index (κ2) is 6.27. The largest absolute Gasteiger partial charge is 0.390 e. The highest BCUT2D eigenvalue weighted by Crippen LogP contribution is 2.36. The van der Waals surface area contributed by atoms with Gasteiger partial charge in [-0.25, -0.2) is 0 Å². The molecule has 1 fully saturated rings. The number of oxime groups is 1. The maximum atomic E-state index is 11.8. The summed E-state index contributed by atoms with van der Waals surface area (Å²) in [5, 5.41) is 7.30. The second-order valence-electron chi connectivity index (χ2n) is 4.71. The van der Waals surface area contributed by atoms with Crippen molar-refractivity contribution in [3.63, 3.8) is 0 Å². The molecule has 0 aromatic carbocycles. The van der Waals surface area contributed by atoms with E-state index in [0.29, 0.717) is 5.25 Å². The van der Waals surface area contributed by atoms with Gasteiger partial charge in [-0.2, -0.15) is 0 Å². The third-order valence-electron chi connectivity index (χ3n) is 3.35. The van der Waals surface area contributed by atoms with Crippen LogP contribution in [-0.2, 0) is 9.63 Å². The van der Waals surface area contributed by atoms with Crippen molar-refractivity contribution in [2.24, 2.45) is 5.16 Å². The lowest BCUT2D eigenvalue weighted by Gasteiger charge is -2.25. The molecule has 100 valence electrons. The predicted molar refractivity (Wildman–Crippen MR) is 74.6 cm³/mol. The number of carbonyl (C=O) groups excluding carboxylic acids is 1. The molecule has 1 N–H and O–H groups in total. The first kappa shape index (κ1) is 13.5. The summed E-state index contributed by atoms with van der Waals surface area (Å²) in [5.74, 6) is -0.0532. The minimum Gasteiger partial charge on any atom is -0.390 e. The van der Waals surface area contributed by atoms with Gasteiger partial charge < -0.3 is 10.2 Å². The molecule has 0 radical (unpaired) electrons. The number of rotatable bonds is 3. The molecule has 0 aromatic heterocycles. The van der Waals surface area contributed by atoms with E-state index in [2.05, 4.69) is 10.5 Å². The molecule has 2 aliphatic rings. The Hall–Kier alpha value is -0.970. The minimum atomic E-state index is -0.0532. The molecule has 18 heavy (non-hydrogen) atoms. The lowest BCUT2D eigenvalue weighted by atomic mass is 10.0. The first-order chi connectivity index (χ1) is 8.72. The standard InChI is InChI=1S/C13H20N2O2S/c1-9-12(18-10-6-4-3-5-7-10)11(8-17-15-9)13(16)14-2/h10H,3-8H2,1-2H3,(H,14,16). The molecule has 0 bridgehead atoms. The normalized spacial score (nSPS) is 21.3. The zero-order valence-electron chi connectivity index (χ0n) is 11.0. The van der Waals surface area contributed by atoms with Crippen LogP contribution in [0.4, 0.5) is 0 Å². The van der Waals surface area contributed by atoms with E-state index in [1.807, 2.05) is 18.7 Å². The van der Waals surface area contributed by atoms with E-state index < -0.39 is 0 Å². The van der Waals surface area contributed by atoms with Gasteiger partial charge >= 0.3 is 0 Å². The van der Waals surface area contributed by atoms with Gasteiger partial charge in [0.25, 0.3) is 5.91 Å². The second-order valence-corrected chi connectivity index (χ2v) is 6.03. The Kier molecular flexibility index (Phi) is 4.69. The van der Waals surface area contributed by atoms with E-state index >= 15 is 0 Å². The summed E-state index contributed by atoms with van der Waals surface area (Å²) in [7, 11) is 1.65. The lowest BCUT2D eigenvalue weighted by molar-refractivity contribution is -0.117. The number of carbonyl (C=O) groups is 1. The fourth-order valence-corrected chi connectivity index (χ4v) is 3.75. The molecule has 2 rings (SSSR count). The van der Waals surface area contributed by atoms with Crippen LogP contribution in [0.2, 0.25) is 0 Å². The van der Waals surface area contributed by atoms with E-state index in [1.165, 1.54) is 32.1 Å². The quantitative estimate of drug-likeness (QED) is 0.855. The maximum absolute atomic E-state index is 11.8. The topological polar surface area (TPSA) is 50.7 Å². The summed E-state index contributed by atoms with van der Waals surface area (Å²) >= 11 is 1.81. The van der Waals surface area contributed by atoms with Gasteiger partial charge in [0.2, 0.25) is 0 Å². The highest BCUT2D eigenvalue weighted by atomic mass is 32.2. The number of allylic oxidation sites excluding steroid dienone is 1. The number of nitrogens with one attached hydrogen (secondary N) is 1. The summed E-state index contributed by atoms with van der Waals surface area (Å²) in [6.07, 6.45) is 6.42. The average Bonchev–Trinajstić information content (AvgIpc) is 2.41. The Labute approximate surface area is 112 Å². The van der Waals surface area contributed by atoms with Gasteiger partial charge in [0.15, 0.2) is 0 Å². The smallest absolute Gasteiger partial charge is 0.251 e. The average molecular weight is 268 g/mol. The van der Waals surface area contributed by atoms with E-state index in [-0.39, 0.29) is 12.5 Å². The summed E-state index contributed by atoms with van der Waals surface area (Å²) < 4.78 is 0. The number of hydrogen-bond acceptors (Lipinski definition) is 4. The summed E-state index contributed by atoms with van der Waals surface area (Å²) in [6.45, 7) is 2.19. The van der Waals surface area contributed by atoms with Crippen LogP contribution in [0.1, 0.15) is 39.0 Å². The number of likely N-dealkylation sites (N-methyl/N-ethyl adjacent to an activating group) is 1. The molecule has 0 unspecified atom stereocenters. The van der Waals surface area contributed by atoms with Crippen LogP contribution >= 0.6 is 11.8 Å². The van der Waals surface area contributed by atoms with E-state index in [4.69, 9.17) is 4.84 Å². The Balaban J connectivity index is 2.15. The fraction of sp³-hybridized carbons (Fsp3) is 0.692. The third kappa shape index (κ3) is 3.07. The first-order valence-electron chi connectivity index (χ1n) is 6.51. The van der Waals surface area contributed by atoms with Crippen LogP contribution in [0.15, 0.2) is 15.6 Å². The van der Waals surface area contributed by atoms with Gasteiger partial charge in [0, 0.05) is 17.2 Å². The zero-order chi connectivity index (χ0) is 13.0. The maximum Gasteiger partial charge on any atom is 0.251 e. The summed E-state index contributed by atoms with van der Waals surface area (Å²) in [5.41, 5.74) is 1.55. The van der Waals surface area contributed by atoms with Gasteiger partial charge in [-0.15, -0.1) is 11.8 Å². The van der Waals surface area contributed by atoms with Crippen molar-refractivity contribution in [1.29, 1.82) is 0 Å². The van der Waals surface area contributed by atoms with Crippen LogP contribution in [0, 0.1) is 0 Å². The van der Waals surface area contributed by atoms with Gasteiger partial charge in [0.05, 0.1) is 11.3 Å². The molecule has 4 nitrogen and oxygen atoms in total. The Morgan fingerprint density at radius 2 is 2.11 bits per heavy atom. The van der Waals surface area contributed by atoms with Crippen molar-refractivity contribution in [3.8, 4) is 0 Å². The van der Waals surface area contributed by atoms with Gasteiger partial charge in [-0.3, -0.25) is 4.79 Å². The van der Waals surface area contributed by atoms with Crippen molar-refractivity contribution in [1.82, 2.24) is 5.32 Å². The van der Waals surface area contributed by atoms with Crippen LogP contribution < -0.4 is 5.32 Å². The fourth-order valence-electron chi connectivity index (χ4n) is 2.34. The number of amides is 1. The van der Waals surface area contributed by atoms with Crippen molar-refractivity contribution in [2.45, 2.75) is 44.3 Å². The Morgan fingerprint density at radius 3 is 2.78 bits per heavy atom. The van der Waals surface area contributed by atoms with Crippen LogP contribution in [0.5, 0.6) is 0 Å². The molecule has 0 aromatic rings. The highest BCUT2D eigenvalue weighted by molar-refractivity contribution is 8.04. The molecule has 0 saturated heterocycles. The van der Waals surface area contributed by atoms with Gasteiger partial charge in [-0.1, -0.05) is 24.4 Å². The van der Waals surface area contributed by atoms with Crippen molar-refractivity contribution in [2.75, 3.05) is 13.7 Å². The first-order valence-corrected chi connectivity index (χ1v) is 7.39. The SMILES string of the molecule is CNC(=O)C1=C(SC2CCCCC2)C(C)=NOC1. The third-order valence-corrected chi connectivity index (χ3v) is 4.93. The minimum absolute atomic E-state index is 0.0532. The summed E-state index contributed by atoms with van der Waals surface area (Å²) in [6, 6.07) is 0. The molecular formula is C13H20N2O2S. The van der Waals surface area contributed by atoms with E-state index in [1.54, 1.807) is 7.05 Å². The Morgan fingerprint density at radius 1 is 1.39 bits per heavy atom. The van der Waals surface area contributed by atoms with Crippen LogP contribution in [0.3, 0.4) is 0 Å². The molecule has 1 aliphatic carbocycles. The van der Waals surface area contributed by atoms with Crippen molar-refractivity contribution >= 4 is 23.4 Å². The van der Waals surface area contributed by atoms with Crippen molar-refractivity contribution in [3.05, 3.63) is 10.5 Å². The zero-order valence-corrected chi connectivity index (χ0v) is 11.8. The molecule has 5 heteroatoms. The number of nitrogens with zero attached hydrogens (tertiary/aromatic N) is 1. The molecule has 0 spiro atoms. The molecule has 1 heterocycles. The molecule has 0 atom stereocenters. The van der Waals surface area contributed by atoms with E-state index in [9.17, 15) is 4.79 Å². The van der Waals surface area contributed by atoms with Gasteiger partial charge in [0.1, 0.15) is 6.61 Å². The molecule has 1 amide bonds. The number of hydrogen-bond donors (Lipinski definition) is 1. The Bertz CT molecular complexity index is 384. The van der Waals surface area contributed by atoms with Crippen LogP contribution in [0.25, 0.3) is 0 Å². The lowest BCUT2D eigenvalue weighted by Crippen LogP contribution is -2.27. The van der Waals surface area contributed by atoms with Gasteiger partial charge in [-0.05, 0) is 19.8 Å². The number of thioether (sulfide) groups is 1. The van der Waals surface area contributed by atoms with E-state index in [0.717, 1.165) is 16.2 Å². The molecular weight excluding hydrogens is 248 g/mol. The molecule has 1 saturated carbocycles. The van der Waals surface area contributed by atoms with Crippen molar-refractivity contribution < 1.29 is 9.63 Å².